The van der Waals surface area contributed by atoms with Gasteiger partial charge < -0.3 is 14.8 Å². The summed E-state index contributed by atoms with van der Waals surface area (Å²) >= 11 is 5.85. The van der Waals surface area contributed by atoms with Gasteiger partial charge in [-0.05, 0) is 48.5 Å². The number of benzene rings is 2. The van der Waals surface area contributed by atoms with Crippen LogP contribution in [0, 0.1) is 11.3 Å². The molecule has 8 heteroatoms. The molecule has 0 spiro atoms. The predicted molar refractivity (Wildman–Crippen MR) is 111 cm³/mol. The lowest BCUT2D eigenvalue weighted by molar-refractivity contribution is -0.112. The summed E-state index contributed by atoms with van der Waals surface area (Å²) in [7, 11) is 3.10. The number of nitrogens with one attached hydrogen (secondary N) is 2. The molecule has 1 amide bonds. The molecule has 1 aromatic heterocycles. The summed E-state index contributed by atoms with van der Waals surface area (Å²) in [5.41, 5.74) is 2.45. The minimum atomic E-state index is -0.533. The molecular weight excluding hydrogens is 392 g/mol. The molecule has 7 nitrogen and oxygen atoms in total. The molecule has 0 fully saturated rings. The summed E-state index contributed by atoms with van der Waals surface area (Å²) in [4.78, 5) is 12.5. The van der Waals surface area contributed by atoms with E-state index in [-0.39, 0.29) is 5.57 Å². The van der Waals surface area contributed by atoms with Gasteiger partial charge in [-0.2, -0.15) is 10.4 Å². The molecule has 2 aromatic carbocycles. The summed E-state index contributed by atoms with van der Waals surface area (Å²) in [5.74, 6) is 0.609. The Hall–Kier alpha value is -3.76. The second-order valence-corrected chi connectivity index (χ2v) is 6.34. The number of aromatic nitrogens is 2. The van der Waals surface area contributed by atoms with Crippen LogP contribution in [0.25, 0.3) is 17.3 Å². The lowest BCUT2D eigenvalue weighted by atomic mass is 10.1. The summed E-state index contributed by atoms with van der Waals surface area (Å²) in [6.45, 7) is 0. The molecule has 0 bridgehead atoms. The van der Waals surface area contributed by atoms with E-state index in [1.165, 1.54) is 6.08 Å². The van der Waals surface area contributed by atoms with Crippen LogP contribution in [-0.2, 0) is 4.79 Å². The first-order valence-electron chi connectivity index (χ1n) is 8.50. The van der Waals surface area contributed by atoms with Gasteiger partial charge in [-0.1, -0.05) is 11.6 Å². The van der Waals surface area contributed by atoms with E-state index in [1.807, 2.05) is 12.1 Å². The van der Waals surface area contributed by atoms with Crippen molar-refractivity contribution in [2.45, 2.75) is 0 Å². The van der Waals surface area contributed by atoms with E-state index in [9.17, 15) is 10.1 Å². The fourth-order valence-electron chi connectivity index (χ4n) is 2.66. The van der Waals surface area contributed by atoms with Crippen molar-refractivity contribution in [2.75, 3.05) is 19.5 Å². The normalized spacial score (nSPS) is 10.9. The first-order valence-corrected chi connectivity index (χ1v) is 8.88. The number of carbonyl (C=O) groups is 1. The molecule has 3 rings (SSSR count). The Morgan fingerprint density at radius 2 is 1.90 bits per heavy atom. The van der Waals surface area contributed by atoms with Crippen molar-refractivity contribution >= 4 is 29.3 Å². The number of nitriles is 1. The van der Waals surface area contributed by atoms with Crippen LogP contribution in [0.4, 0.5) is 5.69 Å². The number of aromatic amines is 1. The Balaban J connectivity index is 1.90. The van der Waals surface area contributed by atoms with Crippen LogP contribution < -0.4 is 14.8 Å². The number of hydrogen-bond acceptors (Lipinski definition) is 5. The molecule has 3 aromatic rings. The van der Waals surface area contributed by atoms with Gasteiger partial charge in [0.1, 0.15) is 11.6 Å². The smallest absolute Gasteiger partial charge is 0.266 e. The third-order valence-corrected chi connectivity index (χ3v) is 4.36. The Bertz CT molecular complexity index is 1100. The van der Waals surface area contributed by atoms with Crippen LogP contribution in [0.5, 0.6) is 11.5 Å². The summed E-state index contributed by atoms with van der Waals surface area (Å²) in [6.07, 6.45) is 3.01. The Kier molecular flexibility index (Phi) is 6.17. The van der Waals surface area contributed by atoms with E-state index < -0.39 is 5.91 Å². The molecule has 0 radical (unpaired) electrons. The quantitative estimate of drug-likeness (QED) is 0.468. The number of ether oxygens (including phenoxy) is 2. The first-order chi connectivity index (χ1) is 14.0. The number of H-pyrrole nitrogens is 1. The Morgan fingerprint density at radius 1 is 1.17 bits per heavy atom. The van der Waals surface area contributed by atoms with Crippen LogP contribution in [0.1, 0.15) is 5.56 Å². The van der Waals surface area contributed by atoms with Gasteiger partial charge in [0.15, 0.2) is 11.5 Å². The van der Waals surface area contributed by atoms with E-state index >= 15 is 0 Å². The van der Waals surface area contributed by atoms with Gasteiger partial charge in [-0.25, -0.2) is 0 Å². The topological polar surface area (TPSA) is 100 Å². The van der Waals surface area contributed by atoms with Gasteiger partial charge in [0.25, 0.3) is 5.91 Å². The number of carbonyl (C=O) groups excluding carboxylic acids is 1. The first kappa shape index (κ1) is 20.0. The van der Waals surface area contributed by atoms with Crippen LogP contribution in [-0.4, -0.2) is 30.3 Å². The van der Waals surface area contributed by atoms with Crippen LogP contribution in [0.2, 0.25) is 5.02 Å². The SMILES string of the molecule is COc1ccc(-c2[nH]ncc2/C=C(\C#N)C(=O)Nc2ccc(Cl)cc2)cc1OC. The molecule has 0 saturated carbocycles. The van der Waals surface area contributed by atoms with E-state index in [0.717, 1.165) is 5.56 Å². The van der Waals surface area contributed by atoms with Crippen molar-refractivity contribution < 1.29 is 14.3 Å². The van der Waals surface area contributed by atoms with Crippen molar-refractivity contribution in [3.05, 3.63) is 64.8 Å². The highest BCUT2D eigenvalue weighted by Crippen LogP contribution is 2.33. The number of rotatable bonds is 6. The van der Waals surface area contributed by atoms with E-state index in [1.54, 1.807) is 56.8 Å². The standard InChI is InChI=1S/C21H17ClN4O3/c1-28-18-8-3-13(10-19(18)29-2)20-15(12-24-26-20)9-14(11-23)21(27)25-17-6-4-16(22)5-7-17/h3-10,12H,1-2H3,(H,24,26)(H,25,27)/b14-9+. The van der Waals surface area contributed by atoms with E-state index in [4.69, 9.17) is 21.1 Å². The maximum absolute atomic E-state index is 12.5. The van der Waals surface area contributed by atoms with E-state index in [2.05, 4.69) is 15.5 Å². The zero-order valence-corrected chi connectivity index (χ0v) is 16.4. The number of amides is 1. The van der Waals surface area contributed by atoms with Crippen molar-refractivity contribution in [2.24, 2.45) is 0 Å². The van der Waals surface area contributed by atoms with Crippen molar-refractivity contribution in [1.82, 2.24) is 10.2 Å². The Labute approximate surface area is 172 Å². The second-order valence-electron chi connectivity index (χ2n) is 5.90. The summed E-state index contributed by atoms with van der Waals surface area (Å²) in [6, 6.07) is 13.9. The van der Waals surface area contributed by atoms with Crippen LogP contribution in [0.3, 0.4) is 0 Å². The fraction of sp³-hybridized carbons (Fsp3) is 0.0952. The largest absolute Gasteiger partial charge is 0.493 e. The molecular formula is C21H17ClN4O3. The minimum absolute atomic E-state index is 0.0666. The molecule has 0 unspecified atom stereocenters. The highest BCUT2D eigenvalue weighted by atomic mass is 35.5. The average Bonchev–Trinajstić information content (AvgIpc) is 3.21. The molecule has 0 aliphatic rings. The lowest BCUT2D eigenvalue weighted by Crippen LogP contribution is -2.13. The number of anilines is 1. The molecule has 1 heterocycles. The maximum Gasteiger partial charge on any atom is 0.266 e. The van der Waals surface area contributed by atoms with Gasteiger partial charge >= 0.3 is 0 Å². The van der Waals surface area contributed by atoms with Crippen LogP contribution >= 0.6 is 11.6 Å². The van der Waals surface area contributed by atoms with Gasteiger partial charge in [0, 0.05) is 21.8 Å². The van der Waals surface area contributed by atoms with Gasteiger partial charge in [-0.15, -0.1) is 0 Å². The van der Waals surface area contributed by atoms with Gasteiger partial charge in [0.2, 0.25) is 0 Å². The van der Waals surface area contributed by atoms with Crippen molar-refractivity contribution in [1.29, 1.82) is 5.26 Å². The fourth-order valence-corrected chi connectivity index (χ4v) is 2.79. The molecule has 0 atom stereocenters. The van der Waals surface area contributed by atoms with E-state index in [0.29, 0.717) is 33.5 Å². The van der Waals surface area contributed by atoms with Crippen molar-refractivity contribution in [3.63, 3.8) is 0 Å². The number of halogens is 1. The predicted octanol–water partition coefficient (Wildman–Crippen LogP) is 4.29. The highest BCUT2D eigenvalue weighted by Gasteiger charge is 2.14. The van der Waals surface area contributed by atoms with Gasteiger partial charge in [0.05, 0.1) is 26.1 Å². The summed E-state index contributed by atoms with van der Waals surface area (Å²) in [5, 5.41) is 19.6. The average molecular weight is 409 g/mol. The monoisotopic (exact) mass is 408 g/mol. The zero-order chi connectivity index (χ0) is 20.8. The molecule has 0 saturated heterocycles. The maximum atomic E-state index is 12.5. The number of nitrogens with zero attached hydrogens (tertiary/aromatic N) is 2. The van der Waals surface area contributed by atoms with Crippen molar-refractivity contribution in [3.8, 4) is 28.8 Å². The number of hydrogen-bond donors (Lipinski definition) is 2. The number of methoxy groups -OCH3 is 2. The molecule has 0 aliphatic carbocycles. The summed E-state index contributed by atoms with van der Waals surface area (Å²) < 4.78 is 10.6. The molecule has 2 N–H and O–H groups in total. The second kappa shape index (κ2) is 8.95. The molecule has 146 valence electrons. The molecule has 0 aliphatic heterocycles. The highest BCUT2D eigenvalue weighted by molar-refractivity contribution is 6.30. The minimum Gasteiger partial charge on any atom is -0.493 e. The third-order valence-electron chi connectivity index (χ3n) is 4.11. The van der Waals surface area contributed by atoms with Gasteiger partial charge in [-0.3, -0.25) is 9.89 Å². The lowest BCUT2D eigenvalue weighted by Gasteiger charge is -2.09. The third kappa shape index (κ3) is 4.57. The van der Waals surface area contributed by atoms with Crippen LogP contribution in [0.15, 0.2) is 54.2 Å². The Morgan fingerprint density at radius 3 is 2.55 bits per heavy atom. The molecule has 29 heavy (non-hydrogen) atoms. The zero-order valence-electron chi connectivity index (χ0n) is 15.7.